The van der Waals surface area contributed by atoms with Crippen LogP contribution in [0.1, 0.15) is 40.3 Å². The molecule has 1 aliphatic rings. The topological polar surface area (TPSA) is 54.0 Å². The Kier molecular flexibility index (Phi) is 6.70. The molecule has 1 saturated carbocycles. The molecule has 1 unspecified atom stereocenters. The summed E-state index contributed by atoms with van der Waals surface area (Å²) in [6, 6.07) is 29.1. The van der Waals surface area contributed by atoms with Gasteiger partial charge >= 0.3 is 12.2 Å². The maximum Gasteiger partial charge on any atom is 0.416 e. The van der Waals surface area contributed by atoms with E-state index < -0.39 is 23.3 Å². The number of hydrogen-bond acceptors (Lipinski definition) is 2. The highest BCUT2D eigenvalue weighted by Gasteiger charge is 2.43. The van der Waals surface area contributed by atoms with Crippen molar-refractivity contribution in [1.82, 2.24) is 15.6 Å². The van der Waals surface area contributed by atoms with Crippen LogP contribution in [0, 0.1) is 0 Å². The molecular formula is C30H26F3N3O. The lowest BCUT2D eigenvalue weighted by Crippen LogP contribution is -2.53. The van der Waals surface area contributed by atoms with E-state index in [2.05, 4.69) is 15.6 Å². The van der Waals surface area contributed by atoms with Gasteiger partial charge in [-0.25, -0.2) is 4.79 Å². The van der Waals surface area contributed by atoms with Gasteiger partial charge in [0.2, 0.25) is 0 Å². The van der Waals surface area contributed by atoms with Gasteiger partial charge in [-0.3, -0.25) is 4.98 Å². The number of nitrogens with zero attached hydrogens (tertiary/aromatic N) is 1. The summed E-state index contributed by atoms with van der Waals surface area (Å²) < 4.78 is 41.2. The predicted molar refractivity (Wildman–Crippen MR) is 136 cm³/mol. The van der Waals surface area contributed by atoms with Crippen molar-refractivity contribution in [2.75, 3.05) is 0 Å². The second kappa shape index (κ2) is 10.1. The minimum absolute atomic E-state index is 0.0536. The molecule has 1 aromatic heterocycles. The fraction of sp³-hybridized carbons (Fsp3) is 0.200. The van der Waals surface area contributed by atoms with Gasteiger partial charge in [0, 0.05) is 24.6 Å². The van der Waals surface area contributed by atoms with Gasteiger partial charge in [0.15, 0.2) is 0 Å². The van der Waals surface area contributed by atoms with E-state index in [-0.39, 0.29) is 18.4 Å². The number of pyridine rings is 1. The largest absolute Gasteiger partial charge is 0.416 e. The Morgan fingerprint density at radius 1 is 0.838 bits per heavy atom. The number of hydrogen-bond donors (Lipinski definition) is 2. The van der Waals surface area contributed by atoms with Crippen LogP contribution in [0.3, 0.4) is 0 Å². The Labute approximate surface area is 213 Å². The van der Waals surface area contributed by atoms with Gasteiger partial charge in [-0.15, -0.1) is 0 Å². The summed E-state index contributed by atoms with van der Waals surface area (Å²) in [5, 5.41) is 6.08. The zero-order valence-corrected chi connectivity index (χ0v) is 20.0. The summed E-state index contributed by atoms with van der Waals surface area (Å²) in [6.07, 6.45) is -1.94. The van der Waals surface area contributed by atoms with E-state index in [9.17, 15) is 18.0 Å². The van der Waals surface area contributed by atoms with Gasteiger partial charge in [-0.2, -0.15) is 13.2 Å². The van der Waals surface area contributed by atoms with Crippen molar-refractivity contribution in [3.63, 3.8) is 0 Å². The average Bonchev–Trinajstić information content (AvgIpc) is 3.68. The van der Waals surface area contributed by atoms with E-state index in [0.717, 1.165) is 29.7 Å². The molecule has 3 atom stereocenters. The molecule has 2 amide bonds. The van der Waals surface area contributed by atoms with Crippen LogP contribution in [-0.2, 0) is 18.1 Å². The Morgan fingerprint density at radius 3 is 2.19 bits per heavy atom. The minimum atomic E-state index is -4.53. The van der Waals surface area contributed by atoms with Crippen LogP contribution in [0.4, 0.5) is 18.0 Å². The number of urea groups is 1. The second-order valence-corrected chi connectivity index (χ2v) is 9.32. The van der Waals surface area contributed by atoms with Crippen molar-refractivity contribution in [3.05, 3.63) is 137 Å². The summed E-state index contributed by atoms with van der Waals surface area (Å²) >= 11 is 0. The predicted octanol–water partition coefficient (Wildman–Crippen LogP) is 6.44. The van der Waals surface area contributed by atoms with E-state index >= 15 is 0 Å². The number of benzene rings is 3. The normalized spacial score (nSPS) is 18.5. The number of carbonyl (C=O) groups excluding carboxylic acids is 1. The highest BCUT2D eigenvalue weighted by molar-refractivity contribution is 5.77. The van der Waals surface area contributed by atoms with Gasteiger partial charge in [0.1, 0.15) is 5.54 Å². The zero-order chi connectivity index (χ0) is 25.9. The maximum atomic E-state index is 13.7. The first kappa shape index (κ1) is 24.6. The second-order valence-electron chi connectivity index (χ2n) is 9.32. The summed E-state index contributed by atoms with van der Waals surface area (Å²) in [4.78, 5) is 17.9. The molecule has 1 heterocycles. The molecule has 0 aliphatic heterocycles. The van der Waals surface area contributed by atoms with E-state index in [4.69, 9.17) is 0 Å². The lowest BCUT2D eigenvalue weighted by Gasteiger charge is -2.36. The fourth-order valence-electron chi connectivity index (χ4n) is 4.82. The SMILES string of the molecule is O=C(N[C@@H]1C[C@H]1c1ccccc1)NC(Cc1ccccc1)(c1cccc(C(F)(F)F)c1)c1ccccn1. The van der Waals surface area contributed by atoms with Crippen LogP contribution in [0.2, 0.25) is 0 Å². The van der Waals surface area contributed by atoms with E-state index in [1.165, 1.54) is 6.07 Å². The third kappa shape index (κ3) is 5.50. The number of rotatable bonds is 7. The van der Waals surface area contributed by atoms with E-state index in [1.54, 1.807) is 30.5 Å². The molecule has 1 fully saturated rings. The molecule has 0 saturated heterocycles. The monoisotopic (exact) mass is 501 g/mol. The molecule has 4 aromatic rings. The lowest BCUT2D eigenvalue weighted by atomic mass is 9.80. The van der Waals surface area contributed by atoms with Crippen LogP contribution in [0.5, 0.6) is 0 Å². The zero-order valence-electron chi connectivity index (χ0n) is 20.0. The fourth-order valence-corrected chi connectivity index (χ4v) is 4.82. The number of amides is 2. The Balaban J connectivity index is 1.53. The van der Waals surface area contributed by atoms with Gasteiger partial charge in [-0.05, 0) is 47.4 Å². The first-order chi connectivity index (χ1) is 17.8. The van der Waals surface area contributed by atoms with Crippen LogP contribution in [0.25, 0.3) is 0 Å². The molecule has 37 heavy (non-hydrogen) atoms. The van der Waals surface area contributed by atoms with Crippen molar-refractivity contribution in [3.8, 4) is 0 Å². The summed E-state index contributed by atoms with van der Waals surface area (Å²) in [5.41, 5.74) is 0.613. The molecule has 2 N–H and O–H groups in total. The standard InChI is InChI=1S/C30H26F3N3O/c31-30(32,33)24-15-9-14-23(18-24)29(27-16-7-8-17-34-27,20-21-10-3-1-4-11-21)36-28(37)35-26-19-25(26)22-12-5-2-6-13-22/h1-18,25-26H,19-20H2,(H2,35,36,37)/t25-,26+,29?/m0/s1. The van der Waals surface area contributed by atoms with Crippen LogP contribution in [0.15, 0.2) is 109 Å². The Morgan fingerprint density at radius 2 is 1.51 bits per heavy atom. The van der Waals surface area contributed by atoms with E-state index in [0.29, 0.717) is 11.3 Å². The molecule has 3 aromatic carbocycles. The summed E-state index contributed by atoms with van der Waals surface area (Å²) in [7, 11) is 0. The molecular weight excluding hydrogens is 475 g/mol. The Hall–Kier alpha value is -4.13. The van der Waals surface area contributed by atoms with Gasteiger partial charge in [0.05, 0.1) is 11.3 Å². The van der Waals surface area contributed by atoms with Crippen LogP contribution in [-0.4, -0.2) is 17.1 Å². The molecule has 4 nitrogen and oxygen atoms in total. The van der Waals surface area contributed by atoms with Gasteiger partial charge in [-0.1, -0.05) is 78.9 Å². The smallest absolute Gasteiger partial charge is 0.335 e. The molecule has 7 heteroatoms. The molecule has 5 rings (SSSR count). The van der Waals surface area contributed by atoms with Gasteiger partial charge in [0.25, 0.3) is 0 Å². The van der Waals surface area contributed by atoms with Crippen molar-refractivity contribution in [1.29, 1.82) is 0 Å². The van der Waals surface area contributed by atoms with Crippen molar-refractivity contribution in [2.24, 2.45) is 0 Å². The van der Waals surface area contributed by atoms with Gasteiger partial charge < -0.3 is 10.6 Å². The number of aromatic nitrogens is 1. The van der Waals surface area contributed by atoms with Crippen LogP contribution < -0.4 is 10.6 Å². The average molecular weight is 502 g/mol. The minimum Gasteiger partial charge on any atom is -0.335 e. The molecule has 1 aliphatic carbocycles. The maximum absolute atomic E-state index is 13.7. The van der Waals surface area contributed by atoms with Crippen LogP contribution >= 0.6 is 0 Å². The number of carbonyl (C=O) groups is 1. The highest BCUT2D eigenvalue weighted by Crippen LogP contribution is 2.41. The van der Waals surface area contributed by atoms with E-state index in [1.807, 2.05) is 60.7 Å². The summed E-state index contributed by atoms with van der Waals surface area (Å²) in [5.74, 6) is 0.207. The number of halogens is 3. The van der Waals surface area contributed by atoms with Crippen molar-refractivity contribution < 1.29 is 18.0 Å². The summed E-state index contributed by atoms with van der Waals surface area (Å²) in [6.45, 7) is 0. The molecule has 0 radical (unpaired) electrons. The molecule has 188 valence electrons. The number of nitrogens with one attached hydrogen (secondary N) is 2. The highest BCUT2D eigenvalue weighted by atomic mass is 19.4. The Bertz CT molecular complexity index is 1350. The first-order valence-corrected chi connectivity index (χ1v) is 12.1. The van der Waals surface area contributed by atoms with Crippen molar-refractivity contribution >= 4 is 6.03 Å². The third-order valence-electron chi connectivity index (χ3n) is 6.76. The lowest BCUT2D eigenvalue weighted by molar-refractivity contribution is -0.137. The molecule has 0 bridgehead atoms. The molecule has 0 spiro atoms. The van der Waals surface area contributed by atoms with Crippen molar-refractivity contribution in [2.45, 2.75) is 36.5 Å². The first-order valence-electron chi connectivity index (χ1n) is 12.1. The quantitative estimate of drug-likeness (QED) is 0.306. The third-order valence-corrected chi connectivity index (χ3v) is 6.76. The number of alkyl halides is 3.